The number of aliphatic hydroxyl groups is 1. The van der Waals surface area contributed by atoms with Gasteiger partial charge in [0.15, 0.2) is 17.5 Å². The number of nitrogens with two attached hydrogens (primary N) is 1. The predicted octanol–water partition coefficient (Wildman–Crippen LogP) is 5.15. The van der Waals surface area contributed by atoms with Crippen molar-refractivity contribution in [1.82, 2.24) is 0 Å². The third-order valence-electron chi connectivity index (χ3n) is 5.56. The highest BCUT2D eigenvalue weighted by Gasteiger charge is 2.41. The van der Waals surface area contributed by atoms with E-state index in [1.54, 1.807) is 12.1 Å². The van der Waals surface area contributed by atoms with E-state index in [2.05, 4.69) is 11.9 Å². The molecule has 3 atom stereocenters. The molecule has 1 aliphatic rings. The normalized spacial score (nSPS) is 23.6. The molecule has 9 heteroatoms. The van der Waals surface area contributed by atoms with Crippen molar-refractivity contribution in [2.45, 2.75) is 35.5 Å². The number of carbonyl (C=O) groups is 1. The Bertz CT molecular complexity index is 1010. The van der Waals surface area contributed by atoms with E-state index < -0.39 is 29.0 Å². The van der Waals surface area contributed by atoms with E-state index in [1.165, 1.54) is 17.8 Å². The van der Waals surface area contributed by atoms with Gasteiger partial charge in [-0.3, -0.25) is 4.79 Å². The zero-order chi connectivity index (χ0) is 22.9. The van der Waals surface area contributed by atoms with Crippen LogP contribution in [0.2, 0.25) is 5.02 Å². The van der Waals surface area contributed by atoms with Crippen molar-refractivity contribution in [3.8, 4) is 0 Å². The topological polar surface area (TPSA) is 75.3 Å². The van der Waals surface area contributed by atoms with E-state index in [0.29, 0.717) is 40.5 Å². The molecule has 2 aromatic carbocycles. The summed E-state index contributed by atoms with van der Waals surface area (Å²) in [5.41, 5.74) is 5.32. The summed E-state index contributed by atoms with van der Waals surface area (Å²) < 4.78 is 39.9. The number of amides is 1. The third kappa shape index (κ3) is 4.92. The quantitative estimate of drug-likeness (QED) is 0.417. The molecule has 0 aromatic heterocycles. The molecule has 166 valence electrons. The fraction of sp³-hybridized carbons (Fsp3) is 0.318. The van der Waals surface area contributed by atoms with Gasteiger partial charge in [0.05, 0.1) is 5.02 Å². The molecule has 0 bridgehead atoms. The van der Waals surface area contributed by atoms with Gasteiger partial charge in [0, 0.05) is 40.1 Å². The SMILES string of the molecule is C=C1C[C@H](Sc2cc(C(=O)Nc3cc(F)c(F)c(F)c3)ccc2Cl)CC(C)[C@]1(O)CN. The summed E-state index contributed by atoms with van der Waals surface area (Å²) in [6.07, 6.45) is 1.22. The maximum Gasteiger partial charge on any atom is 0.255 e. The summed E-state index contributed by atoms with van der Waals surface area (Å²) >= 11 is 7.77. The summed E-state index contributed by atoms with van der Waals surface area (Å²) in [7, 11) is 0. The minimum absolute atomic E-state index is 0.0745. The van der Waals surface area contributed by atoms with Crippen molar-refractivity contribution in [2.24, 2.45) is 11.7 Å². The molecule has 1 saturated carbocycles. The van der Waals surface area contributed by atoms with Crippen molar-refractivity contribution in [1.29, 1.82) is 0 Å². The first-order valence-corrected chi connectivity index (χ1v) is 10.8. The molecular formula is C22H22ClF3N2O2S. The number of rotatable bonds is 5. The fourth-order valence-corrected chi connectivity index (χ4v) is 5.31. The number of benzene rings is 2. The van der Waals surface area contributed by atoms with Crippen LogP contribution in [0.5, 0.6) is 0 Å². The Morgan fingerprint density at radius 3 is 2.55 bits per heavy atom. The van der Waals surface area contributed by atoms with Gasteiger partial charge in [0.1, 0.15) is 5.60 Å². The first-order valence-electron chi connectivity index (χ1n) is 9.58. The number of nitrogens with one attached hydrogen (secondary N) is 1. The predicted molar refractivity (Wildman–Crippen MR) is 117 cm³/mol. The van der Waals surface area contributed by atoms with Gasteiger partial charge in [-0.2, -0.15) is 0 Å². The third-order valence-corrected chi connectivity index (χ3v) is 7.28. The number of hydrogen-bond acceptors (Lipinski definition) is 4. The summed E-state index contributed by atoms with van der Waals surface area (Å²) in [4.78, 5) is 13.2. The van der Waals surface area contributed by atoms with Crippen molar-refractivity contribution >= 4 is 35.0 Å². The largest absolute Gasteiger partial charge is 0.384 e. The van der Waals surface area contributed by atoms with Crippen LogP contribution >= 0.6 is 23.4 Å². The second-order valence-electron chi connectivity index (χ2n) is 7.67. The Labute approximate surface area is 187 Å². The van der Waals surface area contributed by atoms with Crippen LogP contribution < -0.4 is 11.1 Å². The fourth-order valence-electron chi connectivity index (χ4n) is 3.65. The highest BCUT2D eigenvalue weighted by Crippen LogP contribution is 2.44. The Morgan fingerprint density at radius 2 is 1.97 bits per heavy atom. The highest BCUT2D eigenvalue weighted by atomic mass is 35.5. The van der Waals surface area contributed by atoms with Crippen LogP contribution in [0.1, 0.15) is 30.1 Å². The van der Waals surface area contributed by atoms with E-state index in [1.807, 2.05) is 6.92 Å². The Kier molecular flexibility index (Phi) is 7.05. The summed E-state index contributed by atoms with van der Waals surface area (Å²) in [6.45, 7) is 6.00. The second kappa shape index (κ2) is 9.24. The summed E-state index contributed by atoms with van der Waals surface area (Å²) in [5.74, 6) is -5.11. The van der Waals surface area contributed by atoms with Crippen molar-refractivity contribution < 1.29 is 23.1 Å². The number of anilines is 1. The summed E-state index contributed by atoms with van der Waals surface area (Å²) in [5, 5.41) is 13.5. The zero-order valence-electron chi connectivity index (χ0n) is 16.7. The van der Waals surface area contributed by atoms with Crippen LogP contribution in [0.15, 0.2) is 47.4 Å². The lowest BCUT2D eigenvalue weighted by Gasteiger charge is -2.42. The molecule has 0 heterocycles. The monoisotopic (exact) mass is 470 g/mol. The molecule has 0 radical (unpaired) electrons. The molecule has 4 nitrogen and oxygen atoms in total. The zero-order valence-corrected chi connectivity index (χ0v) is 18.3. The Morgan fingerprint density at radius 1 is 1.32 bits per heavy atom. The van der Waals surface area contributed by atoms with Crippen molar-refractivity contribution in [3.05, 3.63) is 70.5 Å². The maximum atomic E-state index is 13.4. The standard InChI is InChI=1S/C22H22ClF3N2O2S/c1-11-5-15(6-12(2)22(11,30)10-27)31-19-7-13(3-4-16(19)23)21(29)28-14-8-17(24)20(26)18(25)9-14/h3-4,7-9,12,15,30H,1,5-6,10,27H2,2H3,(H,28,29)/t12?,15-,22-/m0/s1. The smallest absolute Gasteiger partial charge is 0.255 e. The molecule has 0 spiro atoms. The van der Waals surface area contributed by atoms with Crippen LogP contribution in [-0.2, 0) is 0 Å². The Hall–Kier alpha value is -2.00. The minimum atomic E-state index is -1.60. The van der Waals surface area contributed by atoms with Gasteiger partial charge in [-0.1, -0.05) is 25.1 Å². The van der Waals surface area contributed by atoms with Crippen LogP contribution in [0.3, 0.4) is 0 Å². The van der Waals surface area contributed by atoms with Gasteiger partial charge in [-0.15, -0.1) is 11.8 Å². The van der Waals surface area contributed by atoms with Crippen molar-refractivity contribution in [2.75, 3.05) is 11.9 Å². The first kappa shape index (κ1) is 23.7. The lowest BCUT2D eigenvalue weighted by molar-refractivity contribution is 0.0143. The minimum Gasteiger partial charge on any atom is -0.384 e. The molecule has 1 unspecified atom stereocenters. The van der Waals surface area contributed by atoms with Gasteiger partial charge in [0.2, 0.25) is 0 Å². The molecule has 1 fully saturated rings. The lowest BCUT2D eigenvalue weighted by atomic mass is 9.73. The van der Waals surface area contributed by atoms with Gasteiger partial charge < -0.3 is 16.2 Å². The van der Waals surface area contributed by atoms with Gasteiger partial charge >= 0.3 is 0 Å². The molecule has 0 saturated heterocycles. The van der Waals surface area contributed by atoms with Crippen molar-refractivity contribution in [3.63, 3.8) is 0 Å². The van der Waals surface area contributed by atoms with Crippen LogP contribution in [0, 0.1) is 23.4 Å². The van der Waals surface area contributed by atoms with Gasteiger partial charge in [-0.25, -0.2) is 13.2 Å². The highest BCUT2D eigenvalue weighted by molar-refractivity contribution is 8.00. The number of hydrogen-bond donors (Lipinski definition) is 3. The lowest BCUT2D eigenvalue weighted by Crippen LogP contribution is -2.49. The average Bonchev–Trinajstić information content (AvgIpc) is 2.71. The van der Waals surface area contributed by atoms with E-state index >= 15 is 0 Å². The maximum absolute atomic E-state index is 13.4. The number of halogens is 4. The molecular weight excluding hydrogens is 449 g/mol. The molecule has 0 aliphatic heterocycles. The van der Waals surface area contributed by atoms with E-state index in [-0.39, 0.29) is 29.0 Å². The molecule has 31 heavy (non-hydrogen) atoms. The average molecular weight is 471 g/mol. The molecule has 1 aliphatic carbocycles. The molecule has 2 aromatic rings. The van der Waals surface area contributed by atoms with Gasteiger partial charge in [-0.05, 0) is 42.5 Å². The van der Waals surface area contributed by atoms with E-state index in [0.717, 1.165) is 0 Å². The van der Waals surface area contributed by atoms with Gasteiger partial charge in [0.25, 0.3) is 5.91 Å². The Balaban J connectivity index is 1.76. The number of thioether (sulfide) groups is 1. The van der Waals surface area contributed by atoms with E-state index in [4.69, 9.17) is 17.3 Å². The second-order valence-corrected chi connectivity index (χ2v) is 9.42. The van der Waals surface area contributed by atoms with E-state index in [9.17, 15) is 23.1 Å². The first-order chi connectivity index (χ1) is 14.5. The van der Waals surface area contributed by atoms with Crippen LogP contribution in [0.25, 0.3) is 0 Å². The molecule has 1 amide bonds. The molecule has 3 rings (SSSR count). The van der Waals surface area contributed by atoms with Crippen LogP contribution in [0.4, 0.5) is 18.9 Å². The van der Waals surface area contributed by atoms with Crippen LogP contribution in [-0.4, -0.2) is 28.4 Å². The molecule has 4 N–H and O–H groups in total. The summed E-state index contributed by atoms with van der Waals surface area (Å²) in [6, 6.07) is 6.02. The number of carbonyl (C=O) groups excluding carboxylic acids is 1.